The van der Waals surface area contributed by atoms with Gasteiger partial charge in [-0.25, -0.2) is 9.59 Å². The van der Waals surface area contributed by atoms with Crippen LogP contribution in [0, 0.1) is 11.8 Å². The monoisotopic (exact) mass is 390 g/mol. The minimum absolute atomic E-state index is 0.122. The zero-order valence-corrected chi connectivity index (χ0v) is 16.8. The number of hydrogen-bond donors (Lipinski definition) is 1. The maximum absolute atomic E-state index is 12.6. The molecule has 0 radical (unpaired) electrons. The van der Waals surface area contributed by atoms with Crippen LogP contribution in [0.4, 0.5) is 4.79 Å². The maximum atomic E-state index is 12.6. The summed E-state index contributed by atoms with van der Waals surface area (Å²) in [6.45, 7) is 9.09. The number of alkyl carbamates (subject to hydrolysis) is 1. The van der Waals surface area contributed by atoms with Gasteiger partial charge in [-0.2, -0.15) is 0 Å². The Balaban J connectivity index is 1.96. The first-order chi connectivity index (χ1) is 13.0. The second-order valence-electron chi connectivity index (χ2n) is 7.93. The smallest absolute Gasteiger partial charge is 0.407 e. The highest BCUT2D eigenvalue weighted by molar-refractivity contribution is 6.20. The molecule has 1 aliphatic rings. The molecule has 8 heteroatoms. The molecule has 0 spiro atoms. The van der Waals surface area contributed by atoms with Crippen molar-refractivity contribution in [1.82, 2.24) is 10.4 Å². The van der Waals surface area contributed by atoms with Gasteiger partial charge in [0.15, 0.2) is 0 Å². The fourth-order valence-electron chi connectivity index (χ4n) is 2.77. The fraction of sp³-hybridized carbons (Fsp3) is 0.500. The van der Waals surface area contributed by atoms with Crippen LogP contribution in [0.5, 0.6) is 0 Å². The predicted octanol–water partition coefficient (Wildman–Crippen LogP) is 2.93. The molecular formula is C20H26N2O6. The molecule has 0 aromatic heterocycles. The number of benzene rings is 1. The van der Waals surface area contributed by atoms with E-state index >= 15 is 0 Å². The minimum atomic E-state index is -0.699. The molecule has 0 bridgehead atoms. The largest absolute Gasteiger partial charge is 0.444 e. The van der Waals surface area contributed by atoms with E-state index in [1.54, 1.807) is 32.9 Å². The summed E-state index contributed by atoms with van der Waals surface area (Å²) in [6, 6.07) is 6.28. The van der Waals surface area contributed by atoms with Gasteiger partial charge < -0.3 is 14.9 Å². The summed E-state index contributed by atoms with van der Waals surface area (Å²) in [5.41, 5.74) is -0.215. The van der Waals surface area contributed by atoms with Crippen molar-refractivity contribution in [3.63, 3.8) is 0 Å². The van der Waals surface area contributed by atoms with E-state index in [1.807, 2.05) is 13.8 Å². The molecule has 1 heterocycles. The Kier molecular flexibility index (Phi) is 6.43. The highest BCUT2D eigenvalue weighted by atomic mass is 16.7. The maximum Gasteiger partial charge on any atom is 0.407 e. The van der Waals surface area contributed by atoms with Gasteiger partial charge in [0.1, 0.15) is 5.60 Å². The highest BCUT2D eigenvalue weighted by Gasteiger charge is 2.40. The van der Waals surface area contributed by atoms with E-state index in [9.17, 15) is 19.2 Å². The zero-order chi connectivity index (χ0) is 21.1. The molecule has 3 amide bonds. The lowest BCUT2D eigenvalue weighted by molar-refractivity contribution is -0.175. The van der Waals surface area contributed by atoms with Gasteiger partial charge >= 0.3 is 12.1 Å². The van der Waals surface area contributed by atoms with E-state index in [1.165, 1.54) is 12.1 Å². The highest BCUT2D eigenvalue weighted by Crippen LogP contribution is 2.25. The molecular weight excluding hydrogens is 364 g/mol. The number of hydrogen-bond acceptors (Lipinski definition) is 6. The first-order valence-corrected chi connectivity index (χ1v) is 9.17. The third-order valence-electron chi connectivity index (χ3n) is 4.17. The number of hydroxylamine groups is 2. The summed E-state index contributed by atoms with van der Waals surface area (Å²) in [6.07, 6.45) is -0.303. The van der Waals surface area contributed by atoms with E-state index in [-0.39, 0.29) is 30.0 Å². The Morgan fingerprint density at radius 3 is 2.07 bits per heavy atom. The molecule has 152 valence electrons. The fourth-order valence-corrected chi connectivity index (χ4v) is 2.77. The lowest BCUT2D eigenvalue weighted by atomic mass is 9.93. The number of nitrogens with zero attached hydrogens (tertiary/aromatic N) is 1. The molecule has 1 aromatic carbocycles. The van der Waals surface area contributed by atoms with Crippen LogP contribution in [0.15, 0.2) is 24.3 Å². The van der Waals surface area contributed by atoms with Crippen LogP contribution in [0.25, 0.3) is 0 Å². The van der Waals surface area contributed by atoms with Crippen LogP contribution in [-0.2, 0) is 14.4 Å². The number of carbonyl (C=O) groups is 4. The van der Waals surface area contributed by atoms with Gasteiger partial charge in [-0.05, 0) is 45.2 Å². The topological polar surface area (TPSA) is 102 Å². The quantitative estimate of drug-likeness (QED) is 0.750. The van der Waals surface area contributed by atoms with Gasteiger partial charge in [-0.15, -0.1) is 0 Å². The van der Waals surface area contributed by atoms with Gasteiger partial charge in [0, 0.05) is 6.54 Å². The van der Waals surface area contributed by atoms with Gasteiger partial charge in [0.25, 0.3) is 11.8 Å². The Morgan fingerprint density at radius 2 is 1.61 bits per heavy atom. The summed E-state index contributed by atoms with van der Waals surface area (Å²) in [7, 11) is 0. The molecule has 1 N–H and O–H groups in total. The van der Waals surface area contributed by atoms with Crippen molar-refractivity contribution in [2.45, 2.75) is 46.6 Å². The van der Waals surface area contributed by atoms with Crippen LogP contribution in [-0.4, -0.2) is 41.1 Å². The Bertz CT molecular complexity index is 746. The lowest BCUT2D eigenvalue weighted by Crippen LogP contribution is -2.38. The number of ether oxygens (including phenoxy) is 1. The molecule has 1 aliphatic heterocycles. The number of rotatable bonds is 6. The average Bonchev–Trinajstić information content (AvgIpc) is 2.82. The molecule has 0 saturated heterocycles. The normalized spacial score (nSPS) is 14.7. The number of amides is 3. The second-order valence-corrected chi connectivity index (χ2v) is 7.93. The summed E-state index contributed by atoms with van der Waals surface area (Å²) < 4.78 is 5.15. The third-order valence-corrected chi connectivity index (χ3v) is 4.17. The van der Waals surface area contributed by atoms with Crippen LogP contribution < -0.4 is 5.32 Å². The first-order valence-electron chi connectivity index (χ1n) is 9.17. The number of imide groups is 1. The standard InChI is InChI=1S/C20H26N2O6/c1-12(2)13(10-11-21-19(26)27-20(3,4)5)18(25)28-22-16(23)14-8-6-7-9-15(14)17(22)24/h6-9,12-13H,10-11H2,1-5H3,(H,21,26). The zero-order valence-electron chi connectivity index (χ0n) is 16.8. The average molecular weight is 390 g/mol. The van der Waals surface area contributed by atoms with Crippen LogP contribution >= 0.6 is 0 Å². The molecule has 2 rings (SSSR count). The van der Waals surface area contributed by atoms with Crippen molar-refractivity contribution in [1.29, 1.82) is 0 Å². The molecule has 0 saturated carbocycles. The van der Waals surface area contributed by atoms with Crippen molar-refractivity contribution in [2.75, 3.05) is 6.54 Å². The Morgan fingerprint density at radius 1 is 1.07 bits per heavy atom. The van der Waals surface area contributed by atoms with E-state index < -0.39 is 35.4 Å². The molecule has 8 nitrogen and oxygen atoms in total. The summed E-state index contributed by atoms with van der Waals surface area (Å²) in [5, 5.41) is 3.09. The molecule has 0 fully saturated rings. The van der Waals surface area contributed by atoms with Crippen molar-refractivity contribution < 1.29 is 28.8 Å². The number of carbonyl (C=O) groups excluding carboxylic acids is 4. The van der Waals surface area contributed by atoms with Crippen molar-refractivity contribution >= 4 is 23.9 Å². The van der Waals surface area contributed by atoms with E-state index in [2.05, 4.69) is 5.32 Å². The van der Waals surface area contributed by atoms with Gasteiger partial charge in [0.05, 0.1) is 17.0 Å². The van der Waals surface area contributed by atoms with Crippen LogP contribution in [0.2, 0.25) is 0 Å². The molecule has 0 aliphatic carbocycles. The third kappa shape index (κ3) is 5.09. The molecule has 1 atom stereocenters. The Labute approximate surface area is 164 Å². The number of fused-ring (bicyclic) bond motifs is 1. The number of nitrogens with one attached hydrogen (secondary N) is 1. The van der Waals surface area contributed by atoms with Crippen LogP contribution in [0.3, 0.4) is 0 Å². The van der Waals surface area contributed by atoms with Crippen molar-refractivity contribution in [3.05, 3.63) is 35.4 Å². The SMILES string of the molecule is CC(C)C(CCNC(=O)OC(C)(C)C)C(=O)ON1C(=O)c2ccccc2C1=O. The summed E-state index contributed by atoms with van der Waals surface area (Å²) in [5.74, 6) is -2.76. The van der Waals surface area contributed by atoms with Gasteiger partial charge in [0.2, 0.25) is 0 Å². The minimum Gasteiger partial charge on any atom is -0.444 e. The van der Waals surface area contributed by atoms with E-state index in [0.29, 0.717) is 5.06 Å². The predicted molar refractivity (Wildman–Crippen MR) is 100 cm³/mol. The molecule has 1 unspecified atom stereocenters. The second kappa shape index (κ2) is 8.41. The Hall–Kier alpha value is -2.90. The summed E-state index contributed by atoms with van der Waals surface area (Å²) >= 11 is 0. The first kappa shape index (κ1) is 21.4. The van der Waals surface area contributed by atoms with E-state index in [4.69, 9.17) is 9.57 Å². The van der Waals surface area contributed by atoms with Crippen LogP contribution in [0.1, 0.15) is 61.8 Å². The van der Waals surface area contributed by atoms with Crippen molar-refractivity contribution in [3.8, 4) is 0 Å². The molecule has 1 aromatic rings. The van der Waals surface area contributed by atoms with Crippen molar-refractivity contribution in [2.24, 2.45) is 11.8 Å². The van der Waals surface area contributed by atoms with Gasteiger partial charge in [-0.1, -0.05) is 31.0 Å². The molecule has 28 heavy (non-hydrogen) atoms. The lowest BCUT2D eigenvalue weighted by Gasteiger charge is -2.23. The van der Waals surface area contributed by atoms with E-state index in [0.717, 1.165) is 0 Å². The van der Waals surface area contributed by atoms with Gasteiger partial charge in [-0.3, -0.25) is 9.59 Å². The summed E-state index contributed by atoms with van der Waals surface area (Å²) in [4.78, 5) is 54.1.